The zero-order valence-corrected chi connectivity index (χ0v) is 36.7. The van der Waals surface area contributed by atoms with Gasteiger partial charge in [0.1, 0.15) is 0 Å². The number of hydrogen-bond acceptors (Lipinski definition) is 5. The number of hydrogen-bond donors (Lipinski definition) is 3. The van der Waals surface area contributed by atoms with Gasteiger partial charge in [-0.05, 0) is 44.9 Å². The van der Waals surface area contributed by atoms with Crippen LogP contribution in [0.25, 0.3) is 0 Å². The maximum absolute atomic E-state index is 12.3. The molecule has 324 valence electrons. The van der Waals surface area contributed by atoms with Gasteiger partial charge in [-0.2, -0.15) is 0 Å². The summed E-state index contributed by atoms with van der Waals surface area (Å²) in [6.07, 6.45) is 51.6. The van der Waals surface area contributed by atoms with Crippen molar-refractivity contribution in [2.45, 2.75) is 264 Å². The summed E-state index contributed by atoms with van der Waals surface area (Å²) in [5.74, 6) is -0.133. The second-order valence-corrected chi connectivity index (χ2v) is 16.4. The molecule has 0 fully saturated rings. The molecule has 0 radical (unpaired) electrons. The van der Waals surface area contributed by atoms with Crippen LogP contribution < -0.4 is 5.32 Å². The number of rotatable bonds is 44. The summed E-state index contributed by atoms with van der Waals surface area (Å²) in [5.41, 5.74) is 0. The molecule has 0 heterocycles. The fraction of sp³-hybridized carbons (Fsp3) is 0.878. The second-order valence-electron chi connectivity index (χ2n) is 16.4. The molecule has 0 rings (SSSR count). The van der Waals surface area contributed by atoms with E-state index in [-0.39, 0.29) is 18.5 Å². The number of allylic oxidation sites excluding steroid dienone is 4. The fourth-order valence-corrected chi connectivity index (χ4v) is 7.28. The van der Waals surface area contributed by atoms with E-state index < -0.39 is 12.1 Å². The minimum atomic E-state index is -0.696. The monoisotopic (exact) mass is 776 g/mol. The first kappa shape index (κ1) is 53.3. The predicted molar refractivity (Wildman–Crippen MR) is 236 cm³/mol. The van der Waals surface area contributed by atoms with E-state index in [2.05, 4.69) is 37.4 Å². The van der Waals surface area contributed by atoms with E-state index in [1.54, 1.807) is 0 Å². The summed E-state index contributed by atoms with van der Waals surface area (Å²) >= 11 is 0. The number of carbonyl (C=O) groups excluding carboxylic acids is 2. The van der Waals surface area contributed by atoms with Gasteiger partial charge in [-0.3, -0.25) is 9.59 Å². The molecule has 0 aromatic heterocycles. The maximum atomic E-state index is 12.3. The van der Waals surface area contributed by atoms with E-state index in [0.717, 1.165) is 51.4 Å². The van der Waals surface area contributed by atoms with Gasteiger partial charge in [-0.25, -0.2) is 0 Å². The highest BCUT2D eigenvalue weighted by atomic mass is 16.5. The Morgan fingerprint density at radius 1 is 0.509 bits per heavy atom. The van der Waals surface area contributed by atoms with Crippen LogP contribution in [0.1, 0.15) is 251 Å². The van der Waals surface area contributed by atoms with Gasteiger partial charge in [0, 0.05) is 12.8 Å². The molecule has 0 bridgehead atoms. The lowest BCUT2D eigenvalue weighted by Crippen LogP contribution is -2.45. The molecule has 0 aromatic rings. The van der Waals surface area contributed by atoms with Crippen LogP contribution in [-0.2, 0) is 14.3 Å². The molecule has 0 spiro atoms. The molecule has 0 aliphatic heterocycles. The maximum Gasteiger partial charge on any atom is 0.305 e. The van der Waals surface area contributed by atoms with E-state index in [1.165, 1.54) is 161 Å². The third-order valence-electron chi connectivity index (χ3n) is 11.0. The molecule has 1 amide bonds. The lowest BCUT2D eigenvalue weighted by molar-refractivity contribution is -0.143. The Bertz CT molecular complexity index is 858. The first-order chi connectivity index (χ1) is 27.0. The van der Waals surface area contributed by atoms with Gasteiger partial charge >= 0.3 is 5.97 Å². The van der Waals surface area contributed by atoms with Crippen LogP contribution in [0.4, 0.5) is 0 Å². The van der Waals surface area contributed by atoms with Gasteiger partial charge in [-0.15, -0.1) is 0 Å². The highest BCUT2D eigenvalue weighted by molar-refractivity contribution is 5.76. The van der Waals surface area contributed by atoms with E-state index in [1.807, 2.05) is 6.08 Å². The first-order valence-electron chi connectivity index (χ1n) is 24.1. The quantitative estimate of drug-likeness (QED) is 0.0325. The number of carbonyl (C=O) groups is 2. The van der Waals surface area contributed by atoms with E-state index in [9.17, 15) is 19.8 Å². The summed E-state index contributed by atoms with van der Waals surface area (Å²) in [6.45, 7) is 4.86. The van der Waals surface area contributed by atoms with Gasteiger partial charge in [0.15, 0.2) is 0 Å². The number of unbranched alkanes of at least 4 members (excludes halogenated alkanes) is 29. The molecular formula is C49H93NO5. The molecule has 6 heteroatoms. The lowest BCUT2D eigenvalue weighted by Gasteiger charge is -2.22. The normalized spacial score (nSPS) is 12.9. The number of nitrogens with one attached hydrogen (secondary N) is 1. The van der Waals surface area contributed by atoms with Gasteiger partial charge in [0.25, 0.3) is 0 Å². The molecule has 2 atom stereocenters. The largest absolute Gasteiger partial charge is 0.466 e. The molecule has 0 aliphatic carbocycles. The van der Waals surface area contributed by atoms with Gasteiger partial charge < -0.3 is 20.3 Å². The molecule has 2 unspecified atom stereocenters. The Morgan fingerprint density at radius 3 is 1.42 bits per heavy atom. The molecule has 0 aromatic carbocycles. The zero-order valence-electron chi connectivity index (χ0n) is 36.7. The summed E-state index contributed by atoms with van der Waals surface area (Å²) in [6, 6.07) is -0.582. The van der Waals surface area contributed by atoms with Crippen molar-refractivity contribution in [3.63, 3.8) is 0 Å². The minimum absolute atomic E-state index is 0.0144. The topological polar surface area (TPSA) is 95.9 Å². The van der Waals surface area contributed by atoms with Crippen molar-refractivity contribution in [1.29, 1.82) is 0 Å². The Kier molecular flexibility index (Phi) is 43.7. The zero-order chi connectivity index (χ0) is 40.1. The molecular weight excluding hydrogens is 683 g/mol. The van der Waals surface area contributed by atoms with Crippen LogP contribution in [0.5, 0.6) is 0 Å². The minimum Gasteiger partial charge on any atom is -0.466 e. The number of aliphatic hydroxyl groups excluding tert-OH is 2. The Hall–Kier alpha value is -1.66. The highest BCUT2D eigenvalue weighted by Crippen LogP contribution is 2.16. The SMILES string of the molecule is CCCCCCCCCCCCCCCCCCC(=O)OCCCCCCCC/C=C\C/C=C\CCC(=O)NC(CO)C(O)CCCCCCCCCCC. The van der Waals surface area contributed by atoms with E-state index >= 15 is 0 Å². The molecule has 55 heavy (non-hydrogen) atoms. The average molecular weight is 776 g/mol. The molecule has 0 saturated carbocycles. The van der Waals surface area contributed by atoms with Crippen molar-refractivity contribution in [2.75, 3.05) is 13.2 Å². The van der Waals surface area contributed by atoms with Crippen LogP contribution in [0.2, 0.25) is 0 Å². The Labute approximate surface area is 341 Å². The van der Waals surface area contributed by atoms with Crippen LogP contribution in [-0.4, -0.2) is 47.4 Å². The highest BCUT2D eigenvalue weighted by Gasteiger charge is 2.19. The summed E-state index contributed by atoms with van der Waals surface area (Å²) in [5, 5.41) is 22.9. The summed E-state index contributed by atoms with van der Waals surface area (Å²) < 4.78 is 5.45. The van der Waals surface area contributed by atoms with Gasteiger partial charge in [0.05, 0.1) is 25.4 Å². The number of esters is 1. The fourth-order valence-electron chi connectivity index (χ4n) is 7.28. The first-order valence-corrected chi connectivity index (χ1v) is 24.1. The van der Waals surface area contributed by atoms with Crippen LogP contribution in [0, 0.1) is 0 Å². The standard InChI is InChI=1S/C49H93NO5/c1-3-5-7-9-11-13-14-15-16-17-20-23-27-31-35-39-43-49(54)55-44-40-36-32-28-24-21-18-19-22-26-30-34-38-42-48(53)50-46(45-51)47(52)41-37-33-29-25-12-10-8-6-4-2/h19,22,30,34,46-47,51-52H,3-18,20-21,23-29,31-33,35-45H2,1-2H3,(H,50,53)/b22-19-,34-30-. The van der Waals surface area contributed by atoms with Crippen molar-refractivity contribution in [3.05, 3.63) is 24.3 Å². The van der Waals surface area contributed by atoms with Gasteiger partial charge in [0.2, 0.25) is 5.91 Å². The van der Waals surface area contributed by atoms with Crippen molar-refractivity contribution in [3.8, 4) is 0 Å². The van der Waals surface area contributed by atoms with Crippen LogP contribution in [0.15, 0.2) is 24.3 Å². The van der Waals surface area contributed by atoms with Crippen LogP contribution >= 0.6 is 0 Å². The number of aliphatic hydroxyl groups is 2. The Balaban J connectivity index is 3.51. The predicted octanol–water partition coefficient (Wildman–Crippen LogP) is 14.0. The van der Waals surface area contributed by atoms with Crippen molar-refractivity contribution < 1.29 is 24.5 Å². The number of ether oxygens (including phenoxy) is 1. The average Bonchev–Trinajstić information content (AvgIpc) is 3.18. The molecule has 6 nitrogen and oxygen atoms in total. The lowest BCUT2D eigenvalue weighted by atomic mass is 10.0. The van der Waals surface area contributed by atoms with E-state index in [0.29, 0.717) is 32.3 Å². The smallest absolute Gasteiger partial charge is 0.305 e. The summed E-state index contributed by atoms with van der Waals surface area (Å²) in [4.78, 5) is 24.3. The molecule has 0 saturated heterocycles. The van der Waals surface area contributed by atoms with Crippen LogP contribution in [0.3, 0.4) is 0 Å². The van der Waals surface area contributed by atoms with Gasteiger partial charge in [-0.1, -0.05) is 218 Å². The van der Waals surface area contributed by atoms with Crippen molar-refractivity contribution in [1.82, 2.24) is 5.32 Å². The molecule has 0 aliphatic rings. The Morgan fingerprint density at radius 2 is 0.927 bits per heavy atom. The number of amides is 1. The van der Waals surface area contributed by atoms with Crippen molar-refractivity contribution >= 4 is 11.9 Å². The summed E-state index contributed by atoms with van der Waals surface area (Å²) in [7, 11) is 0. The van der Waals surface area contributed by atoms with E-state index in [4.69, 9.17) is 4.74 Å². The third kappa shape index (κ3) is 41.8. The van der Waals surface area contributed by atoms with Crippen molar-refractivity contribution in [2.24, 2.45) is 0 Å². The third-order valence-corrected chi connectivity index (χ3v) is 11.0. The molecule has 3 N–H and O–H groups in total. The second kappa shape index (κ2) is 45.0.